The quantitative estimate of drug-likeness (QED) is 0.297. The van der Waals surface area contributed by atoms with Crippen molar-refractivity contribution in [2.75, 3.05) is 19.7 Å². The Labute approximate surface area is 181 Å². The highest BCUT2D eigenvalue weighted by atomic mass is 127. The molecule has 0 radical (unpaired) electrons. The predicted octanol–water partition coefficient (Wildman–Crippen LogP) is 3.31. The zero-order chi connectivity index (χ0) is 19.6. The first-order chi connectivity index (χ1) is 12.2. The van der Waals surface area contributed by atoms with Gasteiger partial charge in [0.1, 0.15) is 5.75 Å². The monoisotopic (exact) mass is 490 g/mol. The average Bonchev–Trinajstić information content (AvgIpc) is 2.54. The number of nitrogens with zero attached hydrogens (tertiary/aromatic N) is 1. The first-order valence-electron chi connectivity index (χ1n) is 9.25. The standard InChI is InChI=1S/C20H34N4O2.HI/c1-7-21-19(23-13-18(25)24-20(4,5)6)22-12-16-10-8-9-11-17(16)26-14-15(2)3;/h8-11,15H,7,12-14H2,1-6H3,(H,24,25)(H2,21,22,23);1H. The molecule has 1 aromatic rings. The Morgan fingerprint density at radius 2 is 1.85 bits per heavy atom. The molecule has 1 amide bonds. The maximum atomic E-state index is 12.0. The summed E-state index contributed by atoms with van der Waals surface area (Å²) in [6.07, 6.45) is 0. The lowest BCUT2D eigenvalue weighted by atomic mass is 10.1. The molecule has 0 aliphatic heterocycles. The lowest BCUT2D eigenvalue weighted by Crippen LogP contribution is -2.48. The number of aliphatic imine (C=N–C) groups is 1. The van der Waals surface area contributed by atoms with Crippen LogP contribution < -0.4 is 20.7 Å². The van der Waals surface area contributed by atoms with Gasteiger partial charge in [0.05, 0.1) is 19.7 Å². The van der Waals surface area contributed by atoms with Crippen LogP contribution >= 0.6 is 24.0 Å². The smallest absolute Gasteiger partial charge is 0.239 e. The lowest BCUT2D eigenvalue weighted by Gasteiger charge is -2.21. The van der Waals surface area contributed by atoms with E-state index in [-0.39, 0.29) is 42.0 Å². The van der Waals surface area contributed by atoms with Crippen LogP contribution in [0.2, 0.25) is 0 Å². The van der Waals surface area contributed by atoms with E-state index in [9.17, 15) is 4.79 Å². The van der Waals surface area contributed by atoms with Crippen molar-refractivity contribution in [2.24, 2.45) is 10.9 Å². The average molecular weight is 490 g/mol. The maximum Gasteiger partial charge on any atom is 0.239 e. The van der Waals surface area contributed by atoms with Crippen molar-refractivity contribution in [2.45, 2.75) is 53.6 Å². The Bertz CT molecular complexity index is 598. The number of para-hydroxylation sites is 1. The molecular formula is C20H35IN4O2. The van der Waals surface area contributed by atoms with Gasteiger partial charge in [-0.05, 0) is 39.7 Å². The van der Waals surface area contributed by atoms with Crippen LogP contribution in [0.25, 0.3) is 0 Å². The number of carbonyl (C=O) groups excluding carboxylic acids is 1. The SMILES string of the molecule is CCNC(=NCc1ccccc1OCC(C)C)NCC(=O)NC(C)(C)C.I. The Balaban J connectivity index is 0.00000676. The third kappa shape index (κ3) is 11.7. The van der Waals surface area contributed by atoms with Gasteiger partial charge in [-0.15, -0.1) is 24.0 Å². The van der Waals surface area contributed by atoms with Crippen LogP contribution in [0.4, 0.5) is 0 Å². The number of hydrogen-bond acceptors (Lipinski definition) is 3. The summed E-state index contributed by atoms with van der Waals surface area (Å²) >= 11 is 0. The number of nitrogens with one attached hydrogen (secondary N) is 3. The minimum atomic E-state index is -0.249. The zero-order valence-corrected chi connectivity index (χ0v) is 19.7. The number of benzene rings is 1. The Hall–Kier alpha value is -1.51. The molecule has 0 aromatic heterocycles. The molecule has 0 fully saturated rings. The number of halogens is 1. The number of rotatable bonds is 8. The number of guanidine groups is 1. The van der Waals surface area contributed by atoms with E-state index in [1.165, 1.54) is 0 Å². The largest absolute Gasteiger partial charge is 0.493 e. The second-order valence-corrected chi connectivity index (χ2v) is 7.66. The molecule has 0 spiro atoms. The van der Waals surface area contributed by atoms with E-state index >= 15 is 0 Å². The van der Waals surface area contributed by atoms with Crippen molar-refractivity contribution < 1.29 is 9.53 Å². The molecule has 0 unspecified atom stereocenters. The summed E-state index contributed by atoms with van der Waals surface area (Å²) in [7, 11) is 0. The van der Waals surface area contributed by atoms with Gasteiger partial charge in [0.15, 0.2) is 5.96 Å². The van der Waals surface area contributed by atoms with E-state index in [1.807, 2.05) is 52.0 Å². The fourth-order valence-corrected chi connectivity index (χ4v) is 2.16. The summed E-state index contributed by atoms with van der Waals surface area (Å²) in [6, 6.07) is 7.91. The van der Waals surface area contributed by atoms with Gasteiger partial charge in [0, 0.05) is 17.6 Å². The van der Waals surface area contributed by atoms with E-state index in [0.717, 1.165) is 17.9 Å². The summed E-state index contributed by atoms with van der Waals surface area (Å²) in [5.41, 5.74) is 0.769. The normalized spacial score (nSPS) is 11.6. The van der Waals surface area contributed by atoms with E-state index < -0.39 is 0 Å². The van der Waals surface area contributed by atoms with Crippen LogP contribution in [0.1, 0.15) is 47.1 Å². The topological polar surface area (TPSA) is 74.8 Å². The van der Waals surface area contributed by atoms with Gasteiger partial charge in [-0.2, -0.15) is 0 Å². The van der Waals surface area contributed by atoms with Crippen LogP contribution in [-0.4, -0.2) is 37.1 Å². The van der Waals surface area contributed by atoms with E-state index in [0.29, 0.717) is 25.0 Å². The molecule has 6 nitrogen and oxygen atoms in total. The van der Waals surface area contributed by atoms with Crippen molar-refractivity contribution >= 4 is 35.8 Å². The molecule has 0 aliphatic carbocycles. The number of carbonyl (C=O) groups is 1. The van der Waals surface area contributed by atoms with E-state index in [4.69, 9.17) is 4.74 Å². The fourth-order valence-electron chi connectivity index (χ4n) is 2.16. The fraction of sp³-hybridized carbons (Fsp3) is 0.600. The van der Waals surface area contributed by atoms with Crippen LogP contribution in [-0.2, 0) is 11.3 Å². The van der Waals surface area contributed by atoms with Crippen molar-refractivity contribution in [3.05, 3.63) is 29.8 Å². The molecule has 1 aromatic carbocycles. The maximum absolute atomic E-state index is 12.0. The van der Waals surface area contributed by atoms with Gasteiger partial charge in [0.25, 0.3) is 0 Å². The van der Waals surface area contributed by atoms with Gasteiger partial charge in [0.2, 0.25) is 5.91 Å². The Morgan fingerprint density at radius 1 is 1.19 bits per heavy atom. The van der Waals surface area contributed by atoms with E-state index in [1.54, 1.807) is 0 Å². The summed E-state index contributed by atoms with van der Waals surface area (Å²) in [5, 5.41) is 9.15. The molecule has 0 saturated heterocycles. The molecule has 0 aliphatic rings. The molecule has 154 valence electrons. The first-order valence-corrected chi connectivity index (χ1v) is 9.25. The number of hydrogen-bond donors (Lipinski definition) is 3. The second kappa shape index (κ2) is 12.8. The highest BCUT2D eigenvalue weighted by Crippen LogP contribution is 2.19. The van der Waals surface area contributed by atoms with E-state index in [2.05, 4.69) is 34.8 Å². The Kier molecular flexibility index (Phi) is 12.1. The molecule has 3 N–H and O–H groups in total. The highest BCUT2D eigenvalue weighted by molar-refractivity contribution is 14.0. The van der Waals surface area contributed by atoms with Crippen LogP contribution in [0.3, 0.4) is 0 Å². The van der Waals surface area contributed by atoms with Crippen LogP contribution in [0, 0.1) is 5.92 Å². The van der Waals surface area contributed by atoms with Crippen molar-refractivity contribution in [3.8, 4) is 5.75 Å². The third-order valence-corrected chi connectivity index (χ3v) is 3.23. The lowest BCUT2D eigenvalue weighted by molar-refractivity contribution is -0.121. The van der Waals surface area contributed by atoms with Gasteiger partial charge < -0.3 is 20.7 Å². The second-order valence-electron chi connectivity index (χ2n) is 7.66. The molecule has 0 heterocycles. The third-order valence-electron chi connectivity index (χ3n) is 3.23. The summed E-state index contributed by atoms with van der Waals surface area (Å²) in [5.74, 6) is 1.86. The predicted molar refractivity (Wildman–Crippen MR) is 123 cm³/mol. The van der Waals surface area contributed by atoms with Crippen LogP contribution in [0.15, 0.2) is 29.3 Å². The van der Waals surface area contributed by atoms with Gasteiger partial charge in [-0.1, -0.05) is 32.0 Å². The highest BCUT2D eigenvalue weighted by Gasteiger charge is 2.13. The zero-order valence-electron chi connectivity index (χ0n) is 17.4. The minimum Gasteiger partial charge on any atom is -0.493 e. The molecule has 27 heavy (non-hydrogen) atoms. The number of amides is 1. The summed E-state index contributed by atoms with van der Waals surface area (Å²) in [6.45, 7) is 14.2. The first kappa shape index (κ1) is 25.5. The summed E-state index contributed by atoms with van der Waals surface area (Å²) < 4.78 is 5.87. The Morgan fingerprint density at radius 3 is 2.44 bits per heavy atom. The van der Waals surface area contributed by atoms with Gasteiger partial charge in [-0.3, -0.25) is 4.79 Å². The van der Waals surface area contributed by atoms with Gasteiger partial charge >= 0.3 is 0 Å². The van der Waals surface area contributed by atoms with Crippen molar-refractivity contribution in [3.63, 3.8) is 0 Å². The molecule has 0 bridgehead atoms. The summed E-state index contributed by atoms with van der Waals surface area (Å²) in [4.78, 5) is 16.5. The molecular weight excluding hydrogens is 455 g/mol. The molecule has 0 atom stereocenters. The number of ether oxygens (including phenoxy) is 1. The van der Waals surface area contributed by atoms with Crippen molar-refractivity contribution in [1.29, 1.82) is 0 Å². The van der Waals surface area contributed by atoms with Crippen LogP contribution in [0.5, 0.6) is 5.75 Å². The molecule has 0 saturated carbocycles. The molecule has 7 heteroatoms. The van der Waals surface area contributed by atoms with Gasteiger partial charge in [-0.25, -0.2) is 4.99 Å². The molecule has 1 rings (SSSR count). The minimum absolute atomic E-state index is 0. The van der Waals surface area contributed by atoms with Crippen molar-refractivity contribution in [1.82, 2.24) is 16.0 Å².